The van der Waals surface area contributed by atoms with Crippen molar-refractivity contribution in [2.45, 2.75) is 39.3 Å². The van der Waals surface area contributed by atoms with E-state index in [0.717, 1.165) is 27.8 Å². The van der Waals surface area contributed by atoms with Gasteiger partial charge in [-0.05, 0) is 56.6 Å². The number of rotatable bonds is 9. The first-order chi connectivity index (χ1) is 27.0. The van der Waals surface area contributed by atoms with Crippen molar-refractivity contribution in [3.8, 4) is 78.7 Å². The second-order valence-electron chi connectivity index (χ2n) is 16.6. The fourth-order valence-electron chi connectivity index (χ4n) is 7.06. The Morgan fingerprint density at radius 1 is 0.250 bits per heavy atom. The normalized spacial score (nSPS) is 11.8. The monoisotopic (exact) mass is 757 g/mol. The van der Waals surface area contributed by atoms with E-state index in [2.05, 4.69) is 215 Å². The summed E-state index contributed by atoms with van der Waals surface area (Å²) >= 11 is 0. The molecule has 0 fully saturated rings. The Kier molecular flexibility index (Phi) is 10.1. The maximum atomic E-state index is 5.12. The molecule has 0 unspecified atom stereocenters. The first-order valence-electron chi connectivity index (χ1n) is 19.4. The van der Waals surface area contributed by atoms with Crippen LogP contribution in [0.25, 0.3) is 78.7 Å². The van der Waals surface area contributed by atoms with Crippen LogP contribution in [0.4, 0.5) is 0 Å². The summed E-state index contributed by atoms with van der Waals surface area (Å²) < 4.78 is 0. The predicted molar refractivity (Wildman–Crippen MR) is 244 cm³/mol. The first kappa shape index (κ1) is 36.9. The molecule has 0 atom stereocenters. The lowest BCUT2D eigenvalue weighted by molar-refractivity contribution is 1.07. The molecule has 0 spiro atoms. The lowest BCUT2D eigenvalue weighted by atomic mass is 9.98. The van der Waals surface area contributed by atoms with Gasteiger partial charge >= 0.3 is 0 Å². The highest BCUT2D eigenvalue weighted by atomic mass is 28.3. The van der Waals surface area contributed by atoms with E-state index in [-0.39, 0.29) is 0 Å². The number of hydrogen-bond donors (Lipinski definition) is 0. The van der Waals surface area contributed by atoms with Crippen LogP contribution in [0.5, 0.6) is 0 Å². The van der Waals surface area contributed by atoms with Crippen molar-refractivity contribution in [2.24, 2.45) is 0 Å². The van der Waals surface area contributed by atoms with Crippen LogP contribution >= 0.6 is 0 Å². The van der Waals surface area contributed by atoms with Crippen molar-refractivity contribution in [3.05, 3.63) is 176 Å². The molecule has 8 aromatic rings. The second kappa shape index (κ2) is 15.3. The quantitative estimate of drug-likeness (QED) is 0.138. The van der Waals surface area contributed by atoms with Gasteiger partial charge in [-0.1, -0.05) is 213 Å². The Morgan fingerprint density at radius 2 is 0.518 bits per heavy atom. The third kappa shape index (κ3) is 8.15. The molecule has 0 N–H and O–H groups in total. The Balaban J connectivity index is 1.17. The van der Waals surface area contributed by atoms with Gasteiger partial charge in [0.1, 0.15) is 0 Å². The fourth-order valence-corrected chi connectivity index (χ4v) is 9.39. The molecule has 3 nitrogen and oxygen atoms in total. The summed E-state index contributed by atoms with van der Waals surface area (Å²) in [5, 5.41) is 2.92. The largest absolute Gasteiger partial charge is 0.208 e. The summed E-state index contributed by atoms with van der Waals surface area (Å²) in [5.74, 6) is 1.93. The average molecular weight is 758 g/mol. The molecule has 0 saturated heterocycles. The van der Waals surface area contributed by atoms with Crippen LogP contribution < -0.4 is 10.4 Å². The maximum absolute atomic E-state index is 5.12. The number of hydrogen-bond acceptors (Lipinski definition) is 3. The standard InChI is InChI=1S/C51H47N3Si2/c1-55(2,3)47-30-26-39(27-31-47)37-18-22-41(23-19-37)49-52-50(42-24-20-38(21-25-42)40-28-32-48(33-29-40)56(4,5)6)54-51(53-49)46-17-11-16-45(35-46)44-15-10-14-43(34-44)36-12-8-7-9-13-36/h7-35H,1-6H3. The van der Waals surface area contributed by atoms with Crippen LogP contribution in [-0.2, 0) is 0 Å². The summed E-state index contributed by atoms with van der Waals surface area (Å²) in [6, 6.07) is 63.1. The molecule has 0 saturated carbocycles. The van der Waals surface area contributed by atoms with Crippen molar-refractivity contribution in [2.75, 3.05) is 0 Å². The third-order valence-electron chi connectivity index (χ3n) is 10.5. The highest BCUT2D eigenvalue weighted by Crippen LogP contribution is 2.32. The lowest BCUT2D eigenvalue weighted by Gasteiger charge is -2.17. The molecule has 0 radical (unpaired) electrons. The van der Waals surface area contributed by atoms with Crippen molar-refractivity contribution < 1.29 is 0 Å². The summed E-state index contributed by atoms with van der Waals surface area (Å²) in [7, 11) is -2.73. The number of aromatic nitrogens is 3. The van der Waals surface area contributed by atoms with Crippen LogP contribution in [0.15, 0.2) is 176 Å². The van der Waals surface area contributed by atoms with Gasteiger partial charge in [0.05, 0.1) is 16.1 Å². The van der Waals surface area contributed by atoms with Gasteiger partial charge in [-0.15, -0.1) is 0 Å². The van der Waals surface area contributed by atoms with E-state index in [1.807, 2.05) is 0 Å². The van der Waals surface area contributed by atoms with Gasteiger partial charge in [0, 0.05) is 16.7 Å². The molecule has 274 valence electrons. The zero-order valence-electron chi connectivity index (χ0n) is 33.1. The Bertz CT molecular complexity index is 2480. The molecule has 56 heavy (non-hydrogen) atoms. The maximum Gasteiger partial charge on any atom is 0.164 e. The minimum Gasteiger partial charge on any atom is -0.208 e. The van der Waals surface area contributed by atoms with Crippen LogP contribution in [0.1, 0.15) is 0 Å². The summed E-state index contributed by atoms with van der Waals surface area (Å²) in [6.07, 6.45) is 0. The molecule has 1 aromatic heterocycles. The molecule has 0 aliphatic rings. The highest BCUT2D eigenvalue weighted by molar-refractivity contribution is 6.89. The van der Waals surface area contributed by atoms with Crippen LogP contribution in [0.2, 0.25) is 39.3 Å². The SMILES string of the molecule is C[Si](C)(C)c1ccc(-c2ccc(-c3nc(-c4ccc(-c5ccc([Si](C)(C)C)cc5)cc4)nc(-c4cccc(-c5cccc(-c6ccccc6)c5)c4)n3)cc2)cc1. The molecule has 7 aromatic carbocycles. The minimum atomic E-state index is -1.37. The van der Waals surface area contributed by atoms with Gasteiger partial charge in [-0.3, -0.25) is 0 Å². The predicted octanol–water partition coefficient (Wildman–Crippen LogP) is 12.6. The second-order valence-corrected chi connectivity index (χ2v) is 26.8. The van der Waals surface area contributed by atoms with Crippen molar-refractivity contribution >= 4 is 26.5 Å². The minimum absolute atomic E-state index is 0.642. The van der Waals surface area contributed by atoms with Gasteiger partial charge in [0.2, 0.25) is 0 Å². The molecule has 5 heteroatoms. The Labute approximate surface area is 333 Å². The first-order valence-corrected chi connectivity index (χ1v) is 26.4. The Morgan fingerprint density at radius 3 is 0.911 bits per heavy atom. The van der Waals surface area contributed by atoms with E-state index in [4.69, 9.17) is 15.0 Å². The van der Waals surface area contributed by atoms with E-state index < -0.39 is 16.1 Å². The summed E-state index contributed by atoms with van der Waals surface area (Å²) in [5.41, 5.74) is 12.2. The van der Waals surface area contributed by atoms with Crippen LogP contribution in [0, 0.1) is 0 Å². The van der Waals surface area contributed by atoms with Gasteiger partial charge in [-0.25, -0.2) is 15.0 Å². The number of nitrogens with zero attached hydrogens (tertiary/aromatic N) is 3. The van der Waals surface area contributed by atoms with Gasteiger partial charge in [-0.2, -0.15) is 0 Å². The molecular weight excluding hydrogens is 711 g/mol. The van der Waals surface area contributed by atoms with E-state index >= 15 is 0 Å². The molecule has 8 rings (SSSR count). The van der Waals surface area contributed by atoms with Crippen LogP contribution in [-0.4, -0.2) is 31.1 Å². The molecule has 1 heterocycles. The highest BCUT2D eigenvalue weighted by Gasteiger charge is 2.18. The van der Waals surface area contributed by atoms with Crippen molar-refractivity contribution in [1.29, 1.82) is 0 Å². The molecule has 0 aliphatic heterocycles. The van der Waals surface area contributed by atoms with E-state index in [9.17, 15) is 0 Å². The molecule has 0 bridgehead atoms. The average Bonchev–Trinajstić information content (AvgIpc) is 3.23. The fraction of sp³-hybridized carbons (Fsp3) is 0.118. The zero-order valence-corrected chi connectivity index (χ0v) is 35.1. The molecule has 0 amide bonds. The van der Waals surface area contributed by atoms with Gasteiger partial charge in [0.15, 0.2) is 17.5 Å². The number of benzene rings is 7. The topological polar surface area (TPSA) is 38.7 Å². The van der Waals surface area contributed by atoms with Crippen molar-refractivity contribution in [3.63, 3.8) is 0 Å². The van der Waals surface area contributed by atoms with Crippen LogP contribution in [0.3, 0.4) is 0 Å². The van der Waals surface area contributed by atoms with E-state index in [1.165, 1.54) is 43.8 Å². The van der Waals surface area contributed by atoms with Crippen molar-refractivity contribution in [1.82, 2.24) is 15.0 Å². The van der Waals surface area contributed by atoms with Gasteiger partial charge in [0.25, 0.3) is 0 Å². The summed E-state index contributed by atoms with van der Waals surface area (Å²) in [4.78, 5) is 15.3. The van der Waals surface area contributed by atoms with Gasteiger partial charge < -0.3 is 0 Å². The summed E-state index contributed by atoms with van der Waals surface area (Å²) in [6.45, 7) is 14.3. The zero-order chi connectivity index (χ0) is 38.9. The Hall–Kier alpha value is -6.02. The smallest absolute Gasteiger partial charge is 0.164 e. The third-order valence-corrected chi connectivity index (χ3v) is 14.6. The molecular formula is C51H47N3Si2. The van der Waals surface area contributed by atoms with E-state index in [0.29, 0.717) is 17.5 Å². The lowest BCUT2D eigenvalue weighted by Crippen LogP contribution is -2.37. The van der Waals surface area contributed by atoms with E-state index in [1.54, 1.807) is 0 Å². The molecule has 0 aliphatic carbocycles.